The SMILES string of the molecule is CC1(C)O[C@@H]2C[C@H]3[C@@H]4CCC5=C(F)C(=O)CC[C@]5(C)[C@@]4(F)[C@@H](O)C[C@]3(C)[C@]2(C(=O)CO)O1. The van der Waals surface area contributed by atoms with Gasteiger partial charge in [-0.25, -0.2) is 8.78 Å². The Labute approximate surface area is 186 Å². The fraction of sp³-hybridized carbons (Fsp3) is 0.833. The lowest BCUT2D eigenvalue weighted by Crippen LogP contribution is -2.70. The highest BCUT2D eigenvalue weighted by molar-refractivity contribution is 5.95. The van der Waals surface area contributed by atoms with Gasteiger partial charge in [-0.1, -0.05) is 13.8 Å². The zero-order chi connectivity index (χ0) is 23.5. The topological polar surface area (TPSA) is 93.1 Å². The van der Waals surface area contributed by atoms with Gasteiger partial charge in [-0.3, -0.25) is 9.59 Å². The molecule has 5 rings (SSSR count). The molecule has 2 N–H and O–H groups in total. The van der Waals surface area contributed by atoms with Gasteiger partial charge in [0.1, 0.15) is 12.3 Å². The maximum atomic E-state index is 17.2. The second-order valence-electron chi connectivity index (χ2n) is 11.4. The number of aliphatic hydroxyl groups excluding tert-OH is 2. The molecule has 32 heavy (non-hydrogen) atoms. The van der Waals surface area contributed by atoms with Crippen molar-refractivity contribution in [3.05, 3.63) is 11.4 Å². The summed E-state index contributed by atoms with van der Waals surface area (Å²) in [6, 6.07) is 0. The van der Waals surface area contributed by atoms with Crippen LogP contribution in [0.1, 0.15) is 66.2 Å². The molecule has 4 fully saturated rings. The van der Waals surface area contributed by atoms with Crippen molar-refractivity contribution >= 4 is 11.6 Å². The van der Waals surface area contributed by atoms with Crippen LogP contribution in [0.2, 0.25) is 0 Å². The summed E-state index contributed by atoms with van der Waals surface area (Å²) >= 11 is 0. The quantitative estimate of drug-likeness (QED) is 0.667. The van der Waals surface area contributed by atoms with Gasteiger partial charge in [0.15, 0.2) is 28.8 Å². The van der Waals surface area contributed by atoms with Gasteiger partial charge in [-0.05, 0) is 57.4 Å². The summed E-state index contributed by atoms with van der Waals surface area (Å²) in [5.74, 6) is -4.05. The molecular formula is C24H32F2O6. The minimum Gasteiger partial charge on any atom is -0.390 e. The van der Waals surface area contributed by atoms with E-state index >= 15 is 4.39 Å². The van der Waals surface area contributed by atoms with E-state index in [9.17, 15) is 24.2 Å². The number of halogens is 2. The van der Waals surface area contributed by atoms with Crippen LogP contribution in [0.4, 0.5) is 8.78 Å². The maximum absolute atomic E-state index is 17.2. The van der Waals surface area contributed by atoms with Crippen molar-refractivity contribution in [2.45, 2.75) is 95.5 Å². The number of carbonyl (C=O) groups excluding carboxylic acids is 2. The number of fused-ring (bicyclic) bond motifs is 7. The fourth-order valence-electron chi connectivity index (χ4n) is 8.37. The summed E-state index contributed by atoms with van der Waals surface area (Å²) in [5, 5.41) is 21.2. The van der Waals surface area contributed by atoms with Crippen LogP contribution in [0.15, 0.2) is 11.4 Å². The second-order valence-corrected chi connectivity index (χ2v) is 11.4. The average molecular weight is 455 g/mol. The van der Waals surface area contributed by atoms with E-state index < -0.39 is 70.0 Å². The molecule has 0 aromatic carbocycles. The fourth-order valence-corrected chi connectivity index (χ4v) is 8.37. The van der Waals surface area contributed by atoms with Gasteiger partial charge in [0.25, 0.3) is 0 Å². The van der Waals surface area contributed by atoms with Crippen molar-refractivity contribution in [1.29, 1.82) is 0 Å². The third kappa shape index (κ3) is 2.32. The highest BCUT2D eigenvalue weighted by Crippen LogP contribution is 2.73. The van der Waals surface area contributed by atoms with E-state index in [1.54, 1.807) is 20.8 Å². The van der Waals surface area contributed by atoms with Crippen molar-refractivity contribution in [2.24, 2.45) is 22.7 Å². The van der Waals surface area contributed by atoms with Gasteiger partial charge in [-0.2, -0.15) is 0 Å². The van der Waals surface area contributed by atoms with Crippen LogP contribution < -0.4 is 0 Å². The van der Waals surface area contributed by atoms with E-state index in [0.717, 1.165) is 0 Å². The van der Waals surface area contributed by atoms with Crippen LogP contribution in [-0.2, 0) is 19.1 Å². The first-order chi connectivity index (χ1) is 14.8. The monoisotopic (exact) mass is 454 g/mol. The Kier molecular flexibility index (Phi) is 4.56. The minimum atomic E-state index is -2.14. The van der Waals surface area contributed by atoms with E-state index in [-0.39, 0.29) is 43.6 Å². The first-order valence-corrected chi connectivity index (χ1v) is 11.6. The molecule has 0 radical (unpaired) electrons. The van der Waals surface area contributed by atoms with Gasteiger partial charge in [-0.15, -0.1) is 0 Å². The molecule has 1 saturated heterocycles. The zero-order valence-corrected chi connectivity index (χ0v) is 19.0. The van der Waals surface area contributed by atoms with E-state index in [1.165, 1.54) is 0 Å². The first-order valence-electron chi connectivity index (χ1n) is 11.6. The van der Waals surface area contributed by atoms with Crippen molar-refractivity contribution in [3.63, 3.8) is 0 Å². The Morgan fingerprint density at radius 2 is 1.88 bits per heavy atom. The standard InChI is InChI=1S/C24H32F2O6/c1-20(2)31-18-9-14-12-5-6-13-19(25)15(28)7-8-21(13,3)23(12,26)16(29)10-22(14,4)24(18,32-20)17(30)11-27/h12,14,16,18,27,29H,5-11H2,1-4H3/t12-,14-,16-,18+,21-,22-,23-,24+/m0/s1. The van der Waals surface area contributed by atoms with Gasteiger partial charge in [0, 0.05) is 23.2 Å². The van der Waals surface area contributed by atoms with Crippen molar-refractivity contribution in [3.8, 4) is 0 Å². The molecule has 0 spiro atoms. The largest absolute Gasteiger partial charge is 0.390 e. The van der Waals surface area contributed by atoms with Crippen LogP contribution in [0.25, 0.3) is 0 Å². The lowest BCUT2D eigenvalue weighted by atomic mass is 9.43. The molecule has 0 unspecified atom stereocenters. The van der Waals surface area contributed by atoms with E-state index in [4.69, 9.17) is 9.47 Å². The molecule has 178 valence electrons. The van der Waals surface area contributed by atoms with Gasteiger partial charge >= 0.3 is 0 Å². The summed E-state index contributed by atoms with van der Waals surface area (Å²) in [6.07, 6.45) is -1.32. The van der Waals surface area contributed by atoms with E-state index in [2.05, 4.69) is 0 Å². The molecule has 5 aliphatic rings. The summed E-state index contributed by atoms with van der Waals surface area (Å²) in [5.41, 5.74) is -5.70. The number of ketones is 2. The zero-order valence-electron chi connectivity index (χ0n) is 19.0. The van der Waals surface area contributed by atoms with Crippen molar-refractivity contribution < 1.29 is 38.1 Å². The van der Waals surface area contributed by atoms with Crippen molar-refractivity contribution in [2.75, 3.05) is 6.61 Å². The molecule has 0 amide bonds. The molecule has 1 aliphatic heterocycles. The molecule has 3 saturated carbocycles. The number of Topliss-reactive ketones (excluding diaryl/α,β-unsaturated/α-hetero) is 2. The van der Waals surface area contributed by atoms with Crippen LogP contribution in [-0.4, -0.2) is 57.7 Å². The number of carbonyl (C=O) groups is 2. The van der Waals surface area contributed by atoms with Crippen LogP contribution in [0.5, 0.6) is 0 Å². The minimum absolute atomic E-state index is 0.0786. The third-order valence-corrected chi connectivity index (χ3v) is 9.69. The molecule has 1 heterocycles. The molecule has 0 bridgehead atoms. The van der Waals surface area contributed by atoms with Gasteiger partial charge < -0.3 is 19.7 Å². The highest BCUT2D eigenvalue weighted by Gasteiger charge is 2.80. The van der Waals surface area contributed by atoms with Crippen LogP contribution >= 0.6 is 0 Å². The number of hydrogen-bond acceptors (Lipinski definition) is 6. The summed E-state index contributed by atoms with van der Waals surface area (Å²) < 4.78 is 44.3. The number of alkyl halides is 1. The number of aliphatic hydroxyl groups is 2. The van der Waals surface area contributed by atoms with Crippen LogP contribution in [0.3, 0.4) is 0 Å². The summed E-state index contributed by atoms with van der Waals surface area (Å²) in [4.78, 5) is 25.2. The first kappa shape index (κ1) is 22.6. The molecule has 0 aromatic heterocycles. The number of allylic oxidation sites excluding steroid dienone is 1. The Hall–Kier alpha value is -1.22. The Morgan fingerprint density at radius 1 is 1.19 bits per heavy atom. The molecule has 0 aromatic rings. The second kappa shape index (κ2) is 6.46. The molecule has 4 aliphatic carbocycles. The number of ether oxygens (including phenoxy) is 2. The van der Waals surface area contributed by atoms with Gasteiger partial charge in [0.2, 0.25) is 0 Å². The molecule has 6 nitrogen and oxygen atoms in total. The smallest absolute Gasteiger partial charge is 0.193 e. The van der Waals surface area contributed by atoms with E-state index in [1.807, 2.05) is 6.92 Å². The van der Waals surface area contributed by atoms with E-state index in [0.29, 0.717) is 6.42 Å². The number of hydrogen-bond donors (Lipinski definition) is 2. The Bertz CT molecular complexity index is 931. The summed E-state index contributed by atoms with van der Waals surface area (Å²) in [7, 11) is 0. The maximum Gasteiger partial charge on any atom is 0.193 e. The lowest BCUT2D eigenvalue weighted by Gasteiger charge is -2.63. The van der Waals surface area contributed by atoms with Crippen molar-refractivity contribution in [1.82, 2.24) is 0 Å². The summed E-state index contributed by atoms with van der Waals surface area (Å²) in [6.45, 7) is 6.13. The van der Waals surface area contributed by atoms with Gasteiger partial charge in [0.05, 0.1) is 12.2 Å². The van der Waals surface area contributed by atoms with Crippen LogP contribution in [0, 0.1) is 22.7 Å². The Balaban J connectivity index is 1.64. The molecular weight excluding hydrogens is 422 g/mol. The Morgan fingerprint density at radius 3 is 2.53 bits per heavy atom. The highest BCUT2D eigenvalue weighted by atomic mass is 19.1. The predicted octanol–water partition coefficient (Wildman–Crippen LogP) is 2.94. The number of rotatable bonds is 2. The normalized spacial score (nSPS) is 51.7. The third-order valence-electron chi connectivity index (χ3n) is 9.69. The predicted molar refractivity (Wildman–Crippen MR) is 109 cm³/mol. The average Bonchev–Trinajstić information content (AvgIpc) is 3.12. The lowest BCUT2D eigenvalue weighted by molar-refractivity contribution is -0.251. The molecule has 8 heteroatoms. The molecule has 8 atom stereocenters.